The Kier molecular flexibility index (Phi) is 1.25. The Morgan fingerprint density at radius 3 is 2.50 bits per heavy atom. The van der Waals surface area contributed by atoms with E-state index in [4.69, 9.17) is 9.47 Å². The number of ether oxygens (including phenoxy) is 2. The molecule has 3 rings (SSSR count). The average molecular weight is 196 g/mol. The normalized spacial score (nSPS) is 53.4. The second-order valence-corrected chi connectivity index (χ2v) is 5.87. The molecule has 0 radical (unpaired) electrons. The molecule has 3 nitrogen and oxygen atoms in total. The molecule has 0 N–H and O–H groups in total. The zero-order valence-electron chi connectivity index (χ0n) is 8.92. The Morgan fingerprint density at radius 1 is 1.36 bits per heavy atom. The van der Waals surface area contributed by atoms with Crippen molar-refractivity contribution in [3.63, 3.8) is 0 Å². The summed E-state index contributed by atoms with van der Waals surface area (Å²) in [7, 11) is 0. The molecule has 2 heterocycles. The van der Waals surface area contributed by atoms with Gasteiger partial charge in [-0.15, -0.1) is 0 Å². The molecule has 2 saturated heterocycles. The number of fused-ring (bicyclic) bond motifs is 2. The summed E-state index contributed by atoms with van der Waals surface area (Å²) in [5, 5.41) is 0. The molecule has 78 valence electrons. The highest BCUT2D eigenvalue weighted by atomic mass is 16.6. The van der Waals surface area contributed by atoms with E-state index < -0.39 is 0 Å². The van der Waals surface area contributed by atoms with Crippen LogP contribution in [0, 0.1) is 11.3 Å². The lowest BCUT2D eigenvalue weighted by molar-refractivity contribution is -0.227. The van der Waals surface area contributed by atoms with Crippen LogP contribution in [0.5, 0.6) is 0 Å². The van der Waals surface area contributed by atoms with Crippen molar-refractivity contribution in [3.8, 4) is 0 Å². The van der Waals surface area contributed by atoms with E-state index in [9.17, 15) is 4.79 Å². The van der Waals surface area contributed by atoms with Crippen LogP contribution in [0.4, 0.5) is 0 Å². The minimum absolute atomic E-state index is 0.0516. The molecule has 0 amide bonds. The molecule has 3 fully saturated rings. The molecule has 1 aliphatic carbocycles. The van der Waals surface area contributed by atoms with E-state index in [1.807, 2.05) is 13.8 Å². The van der Waals surface area contributed by atoms with Crippen molar-refractivity contribution >= 4 is 5.97 Å². The quantitative estimate of drug-likeness (QED) is 0.435. The number of rotatable bonds is 0. The first kappa shape index (κ1) is 8.72. The van der Waals surface area contributed by atoms with E-state index in [2.05, 4.69) is 6.92 Å². The molecule has 1 spiro atoms. The fourth-order valence-electron chi connectivity index (χ4n) is 4.11. The fraction of sp³-hybridized carbons (Fsp3) is 0.909. The van der Waals surface area contributed by atoms with Crippen LogP contribution in [0.15, 0.2) is 0 Å². The molecule has 3 aliphatic rings. The third kappa shape index (κ3) is 0.842. The molecule has 14 heavy (non-hydrogen) atoms. The van der Waals surface area contributed by atoms with Gasteiger partial charge < -0.3 is 9.47 Å². The van der Waals surface area contributed by atoms with Crippen molar-refractivity contribution in [3.05, 3.63) is 0 Å². The number of hydrogen-bond acceptors (Lipinski definition) is 3. The Balaban J connectivity index is 1.97. The van der Waals surface area contributed by atoms with Gasteiger partial charge in [-0.2, -0.15) is 0 Å². The molecule has 0 aromatic carbocycles. The van der Waals surface area contributed by atoms with Gasteiger partial charge in [0.15, 0.2) is 0 Å². The van der Waals surface area contributed by atoms with Crippen molar-refractivity contribution < 1.29 is 14.3 Å². The summed E-state index contributed by atoms with van der Waals surface area (Å²) >= 11 is 0. The Morgan fingerprint density at radius 2 is 2.00 bits per heavy atom. The van der Waals surface area contributed by atoms with Crippen molar-refractivity contribution in [1.82, 2.24) is 0 Å². The Labute approximate surface area is 83.8 Å². The average Bonchev–Trinajstić information content (AvgIpc) is 2.60. The molecule has 0 aromatic rings. The fourth-order valence-corrected chi connectivity index (χ4v) is 4.11. The summed E-state index contributed by atoms with van der Waals surface area (Å²) in [6.07, 6.45) is 1.59. The molecular weight excluding hydrogens is 180 g/mol. The minimum Gasteiger partial charge on any atom is -0.459 e. The number of carbonyl (C=O) groups excluding carboxylic acids is 1. The van der Waals surface area contributed by atoms with Crippen LogP contribution < -0.4 is 0 Å². The van der Waals surface area contributed by atoms with Crippen LogP contribution >= 0.6 is 0 Å². The lowest BCUT2D eigenvalue weighted by Gasteiger charge is -2.60. The van der Waals surface area contributed by atoms with Gasteiger partial charge in [-0.1, -0.05) is 6.92 Å². The van der Waals surface area contributed by atoms with Gasteiger partial charge in [-0.05, 0) is 25.7 Å². The van der Waals surface area contributed by atoms with Gasteiger partial charge in [0.25, 0.3) is 0 Å². The number of cyclic esters (lactones) is 1. The molecule has 3 unspecified atom stereocenters. The zero-order chi connectivity index (χ0) is 10.2. The smallest absolute Gasteiger partial charge is 0.306 e. The second-order valence-electron chi connectivity index (χ2n) is 5.87. The zero-order valence-corrected chi connectivity index (χ0v) is 8.92. The van der Waals surface area contributed by atoms with Gasteiger partial charge in [-0.3, -0.25) is 4.79 Å². The van der Waals surface area contributed by atoms with E-state index in [1.165, 1.54) is 0 Å². The van der Waals surface area contributed by atoms with E-state index in [0.29, 0.717) is 12.3 Å². The standard InChI is InChI=1S/C11H16O3/c1-9(2)8-10(3,4-7(12)14-9)5-11(8)6-13-11/h8H,4-6H2,1-3H3. The SMILES string of the molecule is CC12CC(=O)OC(C)(C)C1C1(CO1)C2. The Hall–Kier alpha value is -0.570. The number of hydrogen-bond donors (Lipinski definition) is 0. The molecular formula is C11H16O3. The topological polar surface area (TPSA) is 38.8 Å². The second kappa shape index (κ2) is 2.01. The van der Waals surface area contributed by atoms with Crippen LogP contribution in [0.1, 0.15) is 33.6 Å². The minimum atomic E-state index is -0.348. The highest BCUT2D eigenvalue weighted by molar-refractivity contribution is 5.73. The Bertz CT molecular complexity index is 301. The number of esters is 1. The first-order valence-electron chi connectivity index (χ1n) is 5.24. The first-order chi connectivity index (χ1) is 6.38. The molecule has 1 saturated carbocycles. The van der Waals surface area contributed by atoms with Gasteiger partial charge in [0.1, 0.15) is 5.60 Å². The maximum atomic E-state index is 11.4. The van der Waals surface area contributed by atoms with E-state index in [-0.39, 0.29) is 22.6 Å². The van der Waals surface area contributed by atoms with Crippen LogP contribution in [0.25, 0.3) is 0 Å². The van der Waals surface area contributed by atoms with Crippen LogP contribution in [0.2, 0.25) is 0 Å². The largest absolute Gasteiger partial charge is 0.459 e. The highest BCUT2D eigenvalue weighted by Gasteiger charge is 2.75. The molecule has 3 heteroatoms. The summed E-state index contributed by atoms with van der Waals surface area (Å²) in [5.41, 5.74) is -0.160. The van der Waals surface area contributed by atoms with Gasteiger partial charge in [0.05, 0.1) is 18.6 Å². The summed E-state index contributed by atoms with van der Waals surface area (Å²) < 4.78 is 11.0. The van der Waals surface area contributed by atoms with Crippen molar-refractivity contribution in [2.75, 3.05) is 6.61 Å². The number of carbonyl (C=O) groups is 1. The lowest BCUT2D eigenvalue weighted by Crippen LogP contribution is -2.66. The maximum absolute atomic E-state index is 11.4. The predicted molar refractivity (Wildman–Crippen MR) is 49.7 cm³/mol. The maximum Gasteiger partial charge on any atom is 0.306 e. The van der Waals surface area contributed by atoms with Gasteiger partial charge >= 0.3 is 5.97 Å². The lowest BCUT2D eigenvalue weighted by atomic mass is 9.47. The van der Waals surface area contributed by atoms with Crippen LogP contribution in [-0.4, -0.2) is 23.8 Å². The molecule has 0 aromatic heterocycles. The predicted octanol–water partition coefficient (Wildman–Crippen LogP) is 1.51. The van der Waals surface area contributed by atoms with E-state index in [0.717, 1.165) is 13.0 Å². The van der Waals surface area contributed by atoms with E-state index in [1.54, 1.807) is 0 Å². The van der Waals surface area contributed by atoms with E-state index >= 15 is 0 Å². The third-order valence-corrected chi connectivity index (χ3v) is 4.06. The van der Waals surface area contributed by atoms with Gasteiger partial charge in [0.2, 0.25) is 0 Å². The van der Waals surface area contributed by atoms with Crippen molar-refractivity contribution in [1.29, 1.82) is 0 Å². The first-order valence-corrected chi connectivity index (χ1v) is 5.24. The highest BCUT2D eigenvalue weighted by Crippen LogP contribution is 2.69. The summed E-state index contributed by atoms with van der Waals surface area (Å²) in [5.74, 6) is 0.337. The van der Waals surface area contributed by atoms with Gasteiger partial charge in [0, 0.05) is 5.92 Å². The van der Waals surface area contributed by atoms with Crippen LogP contribution in [0.3, 0.4) is 0 Å². The third-order valence-electron chi connectivity index (χ3n) is 4.06. The number of epoxide rings is 1. The molecule has 3 atom stereocenters. The van der Waals surface area contributed by atoms with Crippen molar-refractivity contribution in [2.24, 2.45) is 11.3 Å². The summed E-state index contributed by atoms with van der Waals surface area (Å²) in [4.78, 5) is 11.4. The van der Waals surface area contributed by atoms with Crippen molar-refractivity contribution in [2.45, 2.75) is 44.8 Å². The van der Waals surface area contributed by atoms with Crippen LogP contribution in [-0.2, 0) is 14.3 Å². The molecule has 2 aliphatic heterocycles. The van der Waals surface area contributed by atoms with Gasteiger partial charge in [-0.25, -0.2) is 0 Å². The molecule has 0 bridgehead atoms. The monoisotopic (exact) mass is 196 g/mol. The summed E-state index contributed by atoms with van der Waals surface area (Å²) in [6.45, 7) is 7.06. The summed E-state index contributed by atoms with van der Waals surface area (Å²) in [6, 6.07) is 0.